The summed E-state index contributed by atoms with van der Waals surface area (Å²) in [5.74, 6) is -0.209. The maximum atomic E-state index is 12.7. The lowest BCUT2D eigenvalue weighted by Crippen LogP contribution is -2.04. The molecule has 0 saturated carbocycles. The van der Waals surface area contributed by atoms with Crippen LogP contribution in [0.25, 0.3) is 11.1 Å². The highest BCUT2D eigenvalue weighted by Crippen LogP contribution is 2.36. The van der Waals surface area contributed by atoms with Crippen molar-refractivity contribution < 1.29 is 23.0 Å². The predicted molar refractivity (Wildman–Crippen MR) is 70.8 cm³/mol. The summed E-state index contributed by atoms with van der Waals surface area (Å²) in [5.41, 5.74) is -0.249. The van der Waals surface area contributed by atoms with Crippen LogP contribution in [0, 0.1) is 0 Å². The Morgan fingerprint density at radius 1 is 1.33 bits per heavy atom. The van der Waals surface area contributed by atoms with Crippen LogP contribution in [0.3, 0.4) is 0 Å². The molecular weight excluding hydrogens is 285 g/mol. The molecule has 0 aliphatic heterocycles. The molecule has 0 unspecified atom stereocenters. The fourth-order valence-corrected chi connectivity index (χ4v) is 1.94. The van der Waals surface area contributed by atoms with Crippen molar-refractivity contribution in [1.82, 2.24) is 9.78 Å². The number of hydrogen-bond acceptors (Lipinski definition) is 3. The molecule has 7 heteroatoms. The smallest absolute Gasteiger partial charge is 0.416 e. The number of aryl methyl sites for hydroxylation is 1. The van der Waals surface area contributed by atoms with Crippen LogP contribution in [-0.4, -0.2) is 28.6 Å². The number of halogens is 3. The number of aromatic hydroxyl groups is 1. The van der Waals surface area contributed by atoms with E-state index in [0.717, 1.165) is 24.6 Å². The van der Waals surface area contributed by atoms with Gasteiger partial charge in [0.2, 0.25) is 0 Å². The van der Waals surface area contributed by atoms with Crippen LogP contribution in [0.1, 0.15) is 12.0 Å². The van der Waals surface area contributed by atoms with Gasteiger partial charge in [-0.25, -0.2) is 0 Å². The zero-order chi connectivity index (χ0) is 15.5. The van der Waals surface area contributed by atoms with Crippen molar-refractivity contribution in [2.45, 2.75) is 19.1 Å². The normalized spacial score (nSPS) is 11.8. The van der Waals surface area contributed by atoms with E-state index in [1.807, 2.05) is 0 Å². The lowest BCUT2D eigenvalue weighted by atomic mass is 10.0. The van der Waals surface area contributed by atoms with Gasteiger partial charge in [-0.05, 0) is 24.6 Å². The summed E-state index contributed by atoms with van der Waals surface area (Å²) in [4.78, 5) is 0. The summed E-state index contributed by atoms with van der Waals surface area (Å²) in [7, 11) is 1.59. The van der Waals surface area contributed by atoms with Crippen molar-refractivity contribution in [2.75, 3.05) is 13.7 Å². The van der Waals surface area contributed by atoms with Crippen molar-refractivity contribution in [1.29, 1.82) is 0 Å². The molecule has 4 nitrogen and oxygen atoms in total. The molecule has 0 atom stereocenters. The molecule has 0 fully saturated rings. The van der Waals surface area contributed by atoms with E-state index in [1.54, 1.807) is 18.0 Å². The molecule has 1 N–H and O–H groups in total. The molecule has 2 rings (SSSR count). The van der Waals surface area contributed by atoms with E-state index in [9.17, 15) is 18.3 Å². The molecule has 0 radical (unpaired) electrons. The molecule has 2 aromatic rings. The first-order valence-electron chi connectivity index (χ1n) is 6.34. The van der Waals surface area contributed by atoms with E-state index in [-0.39, 0.29) is 11.3 Å². The second kappa shape index (κ2) is 6.17. The number of benzene rings is 1. The highest BCUT2D eigenvalue weighted by molar-refractivity contribution is 5.69. The van der Waals surface area contributed by atoms with Crippen LogP contribution >= 0.6 is 0 Å². The Morgan fingerprint density at radius 2 is 2.10 bits per heavy atom. The SMILES string of the molecule is COCCCn1cc(-c2cc(C(F)(F)F)ccc2O)cn1. The van der Waals surface area contributed by atoms with Crippen LogP contribution < -0.4 is 0 Å². The third-order valence-corrected chi connectivity index (χ3v) is 3.00. The second-order valence-corrected chi connectivity index (χ2v) is 4.57. The molecule has 1 heterocycles. The van der Waals surface area contributed by atoms with Gasteiger partial charge in [-0.2, -0.15) is 18.3 Å². The third kappa shape index (κ3) is 3.75. The van der Waals surface area contributed by atoms with Gasteiger partial charge in [0, 0.05) is 37.6 Å². The van der Waals surface area contributed by atoms with Crippen LogP contribution in [-0.2, 0) is 17.5 Å². The van der Waals surface area contributed by atoms with Gasteiger partial charge < -0.3 is 9.84 Å². The van der Waals surface area contributed by atoms with E-state index >= 15 is 0 Å². The van der Waals surface area contributed by atoms with Crippen molar-refractivity contribution in [2.24, 2.45) is 0 Å². The highest BCUT2D eigenvalue weighted by Gasteiger charge is 2.31. The van der Waals surface area contributed by atoms with Crippen LogP contribution in [0.5, 0.6) is 5.75 Å². The van der Waals surface area contributed by atoms with Gasteiger partial charge in [-0.1, -0.05) is 0 Å². The summed E-state index contributed by atoms with van der Waals surface area (Å²) >= 11 is 0. The third-order valence-electron chi connectivity index (χ3n) is 3.00. The Bertz CT molecular complexity index is 609. The number of ether oxygens (including phenoxy) is 1. The molecular formula is C14H15F3N2O2. The largest absolute Gasteiger partial charge is 0.507 e. The zero-order valence-electron chi connectivity index (χ0n) is 11.4. The number of phenolic OH excluding ortho intramolecular Hbond substituents is 1. The predicted octanol–water partition coefficient (Wildman–Crippen LogP) is 3.31. The van der Waals surface area contributed by atoms with Gasteiger partial charge in [0.05, 0.1) is 11.8 Å². The van der Waals surface area contributed by atoms with Crippen LogP contribution in [0.4, 0.5) is 13.2 Å². The molecule has 0 bridgehead atoms. The summed E-state index contributed by atoms with van der Waals surface area (Å²) in [5, 5.41) is 13.8. The maximum Gasteiger partial charge on any atom is 0.416 e. The van der Waals surface area contributed by atoms with E-state index in [4.69, 9.17) is 4.74 Å². The van der Waals surface area contributed by atoms with E-state index < -0.39 is 11.7 Å². The van der Waals surface area contributed by atoms with Crippen LogP contribution in [0.2, 0.25) is 0 Å². The monoisotopic (exact) mass is 300 g/mol. The molecule has 0 aliphatic carbocycles. The summed E-state index contributed by atoms with van der Waals surface area (Å²) in [6, 6.07) is 2.81. The number of rotatable bonds is 5. The van der Waals surface area contributed by atoms with Gasteiger partial charge in [-0.15, -0.1) is 0 Å². The van der Waals surface area contributed by atoms with Gasteiger partial charge in [0.15, 0.2) is 0 Å². The molecule has 0 aliphatic rings. The summed E-state index contributed by atoms with van der Waals surface area (Å²) in [6.07, 6.45) is -0.671. The topological polar surface area (TPSA) is 47.3 Å². The fourth-order valence-electron chi connectivity index (χ4n) is 1.94. The standard InChI is InChI=1S/C14H15F3N2O2/c1-21-6-2-5-19-9-10(8-18-19)12-7-11(14(15,16)17)3-4-13(12)20/h3-4,7-9,20H,2,5-6H2,1H3. The van der Waals surface area contributed by atoms with Gasteiger partial charge in [0.1, 0.15) is 5.75 Å². The molecule has 0 saturated heterocycles. The Labute approximate surface area is 119 Å². The van der Waals surface area contributed by atoms with Crippen molar-refractivity contribution in [3.63, 3.8) is 0 Å². The summed E-state index contributed by atoms with van der Waals surface area (Å²) < 4.78 is 44.7. The Morgan fingerprint density at radius 3 is 2.76 bits per heavy atom. The molecule has 21 heavy (non-hydrogen) atoms. The number of alkyl halides is 3. The van der Waals surface area contributed by atoms with E-state index in [0.29, 0.717) is 18.7 Å². The first-order chi connectivity index (χ1) is 9.91. The Kier molecular flexibility index (Phi) is 4.52. The lowest BCUT2D eigenvalue weighted by molar-refractivity contribution is -0.137. The number of hydrogen-bond donors (Lipinski definition) is 1. The average molecular weight is 300 g/mol. The molecule has 0 amide bonds. The average Bonchev–Trinajstić information content (AvgIpc) is 2.87. The van der Waals surface area contributed by atoms with Gasteiger partial charge in [0.25, 0.3) is 0 Å². The van der Waals surface area contributed by atoms with Gasteiger partial charge in [-0.3, -0.25) is 4.68 Å². The lowest BCUT2D eigenvalue weighted by Gasteiger charge is -2.09. The number of aromatic nitrogens is 2. The quantitative estimate of drug-likeness (QED) is 0.862. The first-order valence-corrected chi connectivity index (χ1v) is 6.34. The fraction of sp³-hybridized carbons (Fsp3) is 0.357. The first kappa shape index (κ1) is 15.4. The van der Waals surface area contributed by atoms with Crippen molar-refractivity contribution in [3.8, 4) is 16.9 Å². The van der Waals surface area contributed by atoms with E-state index in [1.165, 1.54) is 6.20 Å². The maximum absolute atomic E-state index is 12.7. The second-order valence-electron chi connectivity index (χ2n) is 4.57. The minimum Gasteiger partial charge on any atom is -0.507 e. The molecule has 1 aromatic carbocycles. The number of phenols is 1. The van der Waals surface area contributed by atoms with Crippen molar-refractivity contribution >= 4 is 0 Å². The van der Waals surface area contributed by atoms with Crippen LogP contribution in [0.15, 0.2) is 30.6 Å². The molecule has 114 valence electrons. The Balaban J connectivity index is 2.25. The number of methoxy groups -OCH3 is 1. The molecule has 0 spiro atoms. The van der Waals surface area contributed by atoms with Gasteiger partial charge >= 0.3 is 6.18 Å². The number of nitrogens with zero attached hydrogens (tertiary/aromatic N) is 2. The zero-order valence-corrected chi connectivity index (χ0v) is 11.4. The summed E-state index contributed by atoms with van der Waals surface area (Å²) in [6.45, 7) is 1.16. The minimum atomic E-state index is -4.45. The minimum absolute atomic E-state index is 0.114. The van der Waals surface area contributed by atoms with Crippen molar-refractivity contribution in [3.05, 3.63) is 36.2 Å². The highest BCUT2D eigenvalue weighted by atomic mass is 19.4. The van der Waals surface area contributed by atoms with E-state index in [2.05, 4.69) is 5.10 Å². The Hall–Kier alpha value is -2.02. The molecule has 1 aromatic heterocycles.